The van der Waals surface area contributed by atoms with Crippen molar-refractivity contribution in [3.63, 3.8) is 0 Å². The molecule has 0 saturated carbocycles. The van der Waals surface area contributed by atoms with E-state index >= 15 is 0 Å². The fraction of sp³-hybridized carbons (Fsp3) is 0.250. The number of rotatable bonds is 7. The smallest absolute Gasteiger partial charge is 0.306 e. The van der Waals surface area contributed by atoms with E-state index in [1.54, 1.807) is 24.3 Å². The zero-order chi connectivity index (χ0) is 19.8. The minimum Gasteiger partial charge on any atom is -0.456 e. The Kier molecular flexibility index (Phi) is 7.55. The molecule has 0 bridgehead atoms. The second kappa shape index (κ2) is 9.87. The molecule has 2 aromatic rings. The molecule has 0 atom stereocenters. The van der Waals surface area contributed by atoms with Crippen molar-refractivity contribution in [1.29, 1.82) is 0 Å². The van der Waals surface area contributed by atoms with Gasteiger partial charge in [0.15, 0.2) is 6.61 Å². The number of amides is 2. The molecule has 0 saturated heterocycles. The van der Waals surface area contributed by atoms with Crippen LogP contribution in [0.3, 0.4) is 0 Å². The number of benzene rings is 2. The third-order valence-electron chi connectivity index (χ3n) is 3.79. The van der Waals surface area contributed by atoms with Gasteiger partial charge in [0.2, 0.25) is 5.91 Å². The van der Waals surface area contributed by atoms with E-state index in [4.69, 9.17) is 4.74 Å². The molecule has 0 aliphatic rings. The summed E-state index contributed by atoms with van der Waals surface area (Å²) in [5.41, 5.74) is 3.27. The van der Waals surface area contributed by atoms with E-state index in [-0.39, 0.29) is 18.7 Å². The number of aryl methyl sites for hydroxylation is 2. The molecule has 27 heavy (non-hydrogen) atoms. The van der Waals surface area contributed by atoms with Crippen molar-refractivity contribution >= 4 is 45.1 Å². The van der Waals surface area contributed by atoms with E-state index < -0.39 is 18.5 Å². The molecule has 0 unspecified atom stereocenters. The Hall–Kier alpha value is -2.67. The van der Waals surface area contributed by atoms with Crippen molar-refractivity contribution in [2.75, 3.05) is 17.2 Å². The maximum absolute atomic E-state index is 12.0. The second-order valence-corrected chi connectivity index (χ2v) is 6.95. The average molecular weight is 433 g/mol. The molecule has 0 aliphatic heterocycles. The van der Waals surface area contributed by atoms with Gasteiger partial charge in [0.05, 0.1) is 6.42 Å². The molecular formula is C20H21BrN2O4. The molecule has 142 valence electrons. The Bertz CT molecular complexity index is 814. The lowest BCUT2D eigenvalue weighted by molar-refractivity contribution is -0.147. The first-order valence-corrected chi connectivity index (χ1v) is 9.21. The average Bonchev–Trinajstić information content (AvgIpc) is 2.63. The van der Waals surface area contributed by atoms with E-state index in [1.807, 2.05) is 32.0 Å². The lowest BCUT2D eigenvalue weighted by Crippen LogP contribution is -2.22. The molecule has 0 spiro atoms. The van der Waals surface area contributed by atoms with Crippen LogP contribution in [0.2, 0.25) is 0 Å². The summed E-state index contributed by atoms with van der Waals surface area (Å²) < 4.78 is 5.80. The summed E-state index contributed by atoms with van der Waals surface area (Å²) in [6, 6.07) is 12.7. The third kappa shape index (κ3) is 6.86. The van der Waals surface area contributed by atoms with Crippen molar-refractivity contribution in [3.05, 3.63) is 58.1 Å². The fourth-order valence-corrected chi connectivity index (χ4v) is 2.64. The van der Waals surface area contributed by atoms with Crippen LogP contribution in [0.25, 0.3) is 0 Å². The van der Waals surface area contributed by atoms with Crippen LogP contribution in [-0.4, -0.2) is 24.4 Å². The predicted molar refractivity (Wildman–Crippen MR) is 108 cm³/mol. The van der Waals surface area contributed by atoms with Gasteiger partial charge in [-0.2, -0.15) is 0 Å². The van der Waals surface area contributed by atoms with E-state index in [9.17, 15) is 14.4 Å². The number of anilines is 2. The first kappa shape index (κ1) is 20.6. The largest absolute Gasteiger partial charge is 0.456 e. The highest BCUT2D eigenvalue weighted by molar-refractivity contribution is 9.10. The number of hydrogen-bond acceptors (Lipinski definition) is 4. The van der Waals surface area contributed by atoms with E-state index in [1.165, 1.54) is 0 Å². The summed E-state index contributed by atoms with van der Waals surface area (Å²) in [5.74, 6) is -1.31. The van der Waals surface area contributed by atoms with Gasteiger partial charge < -0.3 is 15.4 Å². The minimum absolute atomic E-state index is 0.0130. The Balaban J connectivity index is 1.71. The summed E-state index contributed by atoms with van der Waals surface area (Å²) in [7, 11) is 0. The summed E-state index contributed by atoms with van der Waals surface area (Å²) in [4.78, 5) is 35.5. The molecule has 6 nitrogen and oxygen atoms in total. The van der Waals surface area contributed by atoms with Gasteiger partial charge in [0, 0.05) is 22.3 Å². The summed E-state index contributed by atoms with van der Waals surface area (Å²) in [6.45, 7) is 3.41. The Morgan fingerprint density at radius 3 is 2.15 bits per heavy atom. The number of esters is 1. The van der Waals surface area contributed by atoms with Crippen molar-refractivity contribution in [3.8, 4) is 0 Å². The van der Waals surface area contributed by atoms with Crippen LogP contribution < -0.4 is 10.6 Å². The van der Waals surface area contributed by atoms with Gasteiger partial charge in [-0.25, -0.2) is 0 Å². The molecule has 0 aliphatic carbocycles. The summed E-state index contributed by atoms with van der Waals surface area (Å²) in [5, 5.41) is 5.42. The number of carbonyl (C=O) groups excluding carboxylic acids is 3. The molecular weight excluding hydrogens is 412 g/mol. The van der Waals surface area contributed by atoms with Crippen LogP contribution in [-0.2, 0) is 19.1 Å². The Morgan fingerprint density at radius 2 is 1.52 bits per heavy atom. The number of ether oxygens (including phenoxy) is 1. The lowest BCUT2D eigenvalue weighted by atomic mass is 10.1. The van der Waals surface area contributed by atoms with Crippen LogP contribution in [0.4, 0.5) is 11.4 Å². The Labute approximate surface area is 166 Å². The van der Waals surface area contributed by atoms with Gasteiger partial charge in [-0.15, -0.1) is 0 Å². The van der Waals surface area contributed by atoms with Crippen molar-refractivity contribution in [2.45, 2.75) is 26.7 Å². The molecule has 2 rings (SSSR count). The summed E-state index contributed by atoms with van der Waals surface area (Å²) >= 11 is 3.30. The zero-order valence-corrected chi connectivity index (χ0v) is 16.8. The third-order valence-corrected chi connectivity index (χ3v) is 4.32. The standard InChI is InChI=1S/C20H21BrN2O4/c1-13-4-3-5-14(2)20(13)23-17(24)10-11-19(26)27-12-18(25)22-16-8-6-15(21)7-9-16/h3-9H,10-12H2,1-2H3,(H,22,25)(H,23,24). The van der Waals surface area contributed by atoms with Gasteiger partial charge >= 0.3 is 5.97 Å². The number of nitrogens with one attached hydrogen (secondary N) is 2. The van der Waals surface area contributed by atoms with E-state index in [2.05, 4.69) is 26.6 Å². The van der Waals surface area contributed by atoms with E-state index in [0.717, 1.165) is 21.3 Å². The van der Waals surface area contributed by atoms with Crippen LogP contribution in [0.15, 0.2) is 46.9 Å². The first-order chi connectivity index (χ1) is 12.8. The number of halogens is 1. The van der Waals surface area contributed by atoms with Crippen molar-refractivity contribution in [2.24, 2.45) is 0 Å². The van der Waals surface area contributed by atoms with Crippen LogP contribution in [0.5, 0.6) is 0 Å². The van der Waals surface area contributed by atoms with Crippen LogP contribution in [0, 0.1) is 13.8 Å². The van der Waals surface area contributed by atoms with Gasteiger partial charge in [-0.05, 0) is 49.2 Å². The predicted octanol–water partition coefficient (Wildman–Crippen LogP) is 3.97. The van der Waals surface area contributed by atoms with Crippen molar-refractivity contribution in [1.82, 2.24) is 0 Å². The maximum Gasteiger partial charge on any atom is 0.306 e. The topological polar surface area (TPSA) is 84.5 Å². The highest BCUT2D eigenvalue weighted by Crippen LogP contribution is 2.19. The highest BCUT2D eigenvalue weighted by atomic mass is 79.9. The molecule has 0 heterocycles. The number of para-hydroxylation sites is 1. The lowest BCUT2D eigenvalue weighted by Gasteiger charge is -2.11. The monoisotopic (exact) mass is 432 g/mol. The van der Waals surface area contributed by atoms with Crippen LogP contribution >= 0.6 is 15.9 Å². The van der Waals surface area contributed by atoms with Gasteiger partial charge in [0.1, 0.15) is 0 Å². The minimum atomic E-state index is -0.599. The zero-order valence-electron chi connectivity index (χ0n) is 15.2. The summed E-state index contributed by atoms with van der Waals surface area (Å²) in [6.07, 6.45) is -0.108. The van der Waals surface area contributed by atoms with Crippen LogP contribution in [0.1, 0.15) is 24.0 Å². The molecule has 2 aromatic carbocycles. The molecule has 2 N–H and O–H groups in total. The van der Waals surface area contributed by atoms with E-state index in [0.29, 0.717) is 5.69 Å². The second-order valence-electron chi connectivity index (χ2n) is 6.03. The normalized spacial score (nSPS) is 10.2. The fourth-order valence-electron chi connectivity index (χ4n) is 2.38. The maximum atomic E-state index is 12.0. The van der Waals surface area contributed by atoms with Crippen molar-refractivity contribution < 1.29 is 19.1 Å². The number of hydrogen-bond donors (Lipinski definition) is 2. The molecule has 0 fully saturated rings. The Morgan fingerprint density at radius 1 is 0.889 bits per heavy atom. The molecule has 0 radical (unpaired) electrons. The quantitative estimate of drug-likeness (QED) is 0.648. The molecule has 7 heteroatoms. The molecule has 2 amide bonds. The highest BCUT2D eigenvalue weighted by Gasteiger charge is 2.12. The first-order valence-electron chi connectivity index (χ1n) is 8.42. The SMILES string of the molecule is Cc1cccc(C)c1NC(=O)CCC(=O)OCC(=O)Nc1ccc(Br)cc1. The van der Waals surface area contributed by atoms with Gasteiger partial charge in [-0.3, -0.25) is 14.4 Å². The number of carbonyl (C=O) groups is 3. The van der Waals surface area contributed by atoms with Gasteiger partial charge in [0.25, 0.3) is 5.91 Å². The van der Waals surface area contributed by atoms with Gasteiger partial charge in [-0.1, -0.05) is 34.1 Å². The molecule has 0 aromatic heterocycles.